The molecule has 20 heavy (non-hydrogen) atoms. The second-order valence-electron chi connectivity index (χ2n) is 3.81. The fraction of sp³-hybridized carbons (Fsp3) is 0.250. The molecule has 0 unspecified atom stereocenters. The van der Waals surface area contributed by atoms with E-state index >= 15 is 0 Å². The minimum absolute atomic E-state index is 0.0869. The average Bonchev–Trinajstić information content (AvgIpc) is 2.39. The van der Waals surface area contributed by atoms with Crippen LogP contribution in [0.3, 0.4) is 0 Å². The lowest BCUT2D eigenvalue weighted by Gasteiger charge is -2.07. The molecule has 1 aromatic heterocycles. The van der Waals surface area contributed by atoms with Gasteiger partial charge < -0.3 is 10.1 Å². The van der Waals surface area contributed by atoms with Crippen LogP contribution in [-0.4, -0.2) is 21.5 Å². The molecule has 1 heterocycles. The summed E-state index contributed by atoms with van der Waals surface area (Å²) in [6.45, 7) is 2.62. The van der Waals surface area contributed by atoms with Gasteiger partial charge in [0.25, 0.3) is 0 Å². The van der Waals surface area contributed by atoms with E-state index in [1.165, 1.54) is 0 Å². The zero-order chi connectivity index (χ0) is 14.5. The number of halogens is 3. The third kappa shape index (κ3) is 3.74. The van der Waals surface area contributed by atoms with Gasteiger partial charge in [0.15, 0.2) is 11.6 Å². The van der Waals surface area contributed by atoms with Crippen molar-refractivity contribution >= 4 is 17.5 Å². The lowest BCUT2D eigenvalue weighted by molar-refractivity contribution is 0.407. The monoisotopic (exact) mass is 300 g/mol. The Morgan fingerprint density at radius 2 is 2.05 bits per heavy atom. The van der Waals surface area contributed by atoms with Crippen molar-refractivity contribution in [2.75, 3.05) is 11.9 Å². The van der Waals surface area contributed by atoms with Crippen molar-refractivity contribution in [2.45, 2.75) is 13.3 Å². The van der Waals surface area contributed by atoms with Gasteiger partial charge >= 0.3 is 6.01 Å². The lowest BCUT2D eigenvalue weighted by atomic mass is 10.3. The largest absolute Gasteiger partial charge is 0.421 e. The first-order valence-corrected chi connectivity index (χ1v) is 6.24. The first-order valence-electron chi connectivity index (χ1n) is 5.87. The van der Waals surface area contributed by atoms with E-state index in [1.54, 1.807) is 0 Å². The number of aromatic nitrogens is 3. The van der Waals surface area contributed by atoms with Gasteiger partial charge in [-0.2, -0.15) is 15.0 Å². The molecule has 1 N–H and O–H groups in total. The van der Waals surface area contributed by atoms with Crippen LogP contribution in [0.5, 0.6) is 11.8 Å². The van der Waals surface area contributed by atoms with Crippen molar-refractivity contribution < 1.29 is 13.5 Å². The van der Waals surface area contributed by atoms with Crippen molar-refractivity contribution in [1.29, 1.82) is 0 Å². The minimum Gasteiger partial charge on any atom is -0.421 e. The Morgan fingerprint density at radius 1 is 1.25 bits per heavy atom. The van der Waals surface area contributed by atoms with Crippen molar-refractivity contribution in [2.24, 2.45) is 0 Å². The molecule has 0 aliphatic heterocycles. The van der Waals surface area contributed by atoms with E-state index in [4.69, 9.17) is 16.3 Å². The molecular formula is C12H11ClF2N4O. The first kappa shape index (κ1) is 14.4. The van der Waals surface area contributed by atoms with Gasteiger partial charge in [-0.15, -0.1) is 0 Å². The van der Waals surface area contributed by atoms with Gasteiger partial charge in [0.2, 0.25) is 11.2 Å². The predicted molar refractivity (Wildman–Crippen MR) is 70.0 cm³/mol. The number of nitrogens with one attached hydrogen (secondary N) is 1. The van der Waals surface area contributed by atoms with E-state index in [0.29, 0.717) is 12.6 Å². The summed E-state index contributed by atoms with van der Waals surface area (Å²) in [5.74, 6) is -1.53. The molecule has 2 rings (SSSR count). The van der Waals surface area contributed by atoms with Gasteiger partial charge in [0.1, 0.15) is 5.82 Å². The van der Waals surface area contributed by atoms with Gasteiger partial charge in [-0.1, -0.05) is 6.92 Å². The highest BCUT2D eigenvalue weighted by molar-refractivity contribution is 6.28. The summed E-state index contributed by atoms with van der Waals surface area (Å²) in [6.07, 6.45) is 0.867. The summed E-state index contributed by atoms with van der Waals surface area (Å²) in [5.41, 5.74) is 0. The summed E-state index contributed by atoms with van der Waals surface area (Å²) >= 11 is 5.72. The maximum absolute atomic E-state index is 13.5. The molecule has 0 aliphatic carbocycles. The normalized spacial score (nSPS) is 10.4. The fourth-order valence-corrected chi connectivity index (χ4v) is 1.50. The van der Waals surface area contributed by atoms with E-state index in [9.17, 15) is 8.78 Å². The number of nitrogens with zero attached hydrogens (tertiary/aromatic N) is 3. The molecule has 0 atom stereocenters. The molecule has 5 nitrogen and oxygen atoms in total. The fourth-order valence-electron chi connectivity index (χ4n) is 1.35. The number of benzene rings is 1. The molecule has 0 aliphatic rings. The highest BCUT2D eigenvalue weighted by Gasteiger charge is 2.10. The Balaban J connectivity index is 2.21. The Hall–Kier alpha value is -2.02. The van der Waals surface area contributed by atoms with Crippen LogP contribution in [0.1, 0.15) is 13.3 Å². The van der Waals surface area contributed by atoms with E-state index in [0.717, 1.165) is 18.6 Å². The standard InChI is InChI=1S/C12H11ClF2N4O/c1-2-5-16-11-17-10(13)18-12(19-11)20-9-4-3-7(14)6-8(9)15/h3-4,6H,2,5H2,1H3,(H,16,17,18,19). The summed E-state index contributed by atoms with van der Waals surface area (Å²) in [4.78, 5) is 11.5. The number of hydrogen-bond acceptors (Lipinski definition) is 5. The molecular weight excluding hydrogens is 290 g/mol. The first-order chi connectivity index (χ1) is 9.58. The number of rotatable bonds is 5. The second kappa shape index (κ2) is 6.42. The molecule has 0 fully saturated rings. The maximum atomic E-state index is 13.5. The highest BCUT2D eigenvalue weighted by Crippen LogP contribution is 2.23. The summed E-state index contributed by atoms with van der Waals surface area (Å²) in [5, 5.41) is 2.82. The minimum atomic E-state index is -0.857. The number of ether oxygens (including phenoxy) is 1. The molecule has 0 saturated heterocycles. The van der Waals surface area contributed by atoms with Crippen LogP contribution in [0.4, 0.5) is 14.7 Å². The SMILES string of the molecule is CCCNc1nc(Cl)nc(Oc2ccc(F)cc2F)n1. The third-order valence-electron chi connectivity index (χ3n) is 2.22. The topological polar surface area (TPSA) is 59.9 Å². The maximum Gasteiger partial charge on any atom is 0.328 e. The van der Waals surface area contributed by atoms with Crippen LogP contribution >= 0.6 is 11.6 Å². The molecule has 8 heteroatoms. The molecule has 0 amide bonds. The van der Waals surface area contributed by atoms with Crippen LogP contribution in [0.15, 0.2) is 18.2 Å². The van der Waals surface area contributed by atoms with Crippen LogP contribution in [0.2, 0.25) is 5.28 Å². The van der Waals surface area contributed by atoms with Crippen LogP contribution < -0.4 is 10.1 Å². The number of hydrogen-bond donors (Lipinski definition) is 1. The van der Waals surface area contributed by atoms with Crippen LogP contribution in [-0.2, 0) is 0 Å². The van der Waals surface area contributed by atoms with Crippen molar-refractivity contribution in [3.63, 3.8) is 0 Å². The second-order valence-corrected chi connectivity index (χ2v) is 4.15. The van der Waals surface area contributed by atoms with Gasteiger partial charge in [-0.25, -0.2) is 8.78 Å². The van der Waals surface area contributed by atoms with Gasteiger partial charge in [-0.05, 0) is 30.2 Å². The predicted octanol–water partition coefficient (Wildman–Crippen LogP) is 3.42. The molecule has 0 bridgehead atoms. The van der Waals surface area contributed by atoms with E-state index < -0.39 is 11.6 Å². The van der Waals surface area contributed by atoms with E-state index in [1.807, 2.05) is 6.92 Å². The molecule has 0 spiro atoms. The van der Waals surface area contributed by atoms with Gasteiger partial charge in [0, 0.05) is 12.6 Å². The zero-order valence-electron chi connectivity index (χ0n) is 10.5. The van der Waals surface area contributed by atoms with Crippen LogP contribution in [0, 0.1) is 11.6 Å². The quantitative estimate of drug-likeness (QED) is 0.917. The third-order valence-corrected chi connectivity index (χ3v) is 2.38. The van der Waals surface area contributed by atoms with Crippen molar-refractivity contribution in [3.05, 3.63) is 35.1 Å². The van der Waals surface area contributed by atoms with Gasteiger partial charge in [0.05, 0.1) is 0 Å². The lowest BCUT2D eigenvalue weighted by Crippen LogP contribution is -2.06. The Morgan fingerprint density at radius 3 is 2.75 bits per heavy atom. The Bertz CT molecular complexity index is 612. The Labute approximate surface area is 119 Å². The van der Waals surface area contributed by atoms with E-state index in [2.05, 4.69) is 20.3 Å². The summed E-state index contributed by atoms with van der Waals surface area (Å²) in [6, 6.07) is 2.74. The molecule has 0 radical (unpaired) electrons. The smallest absolute Gasteiger partial charge is 0.328 e. The van der Waals surface area contributed by atoms with E-state index in [-0.39, 0.29) is 23.0 Å². The Kier molecular flexibility index (Phi) is 4.62. The molecule has 1 aromatic carbocycles. The van der Waals surface area contributed by atoms with Gasteiger partial charge in [-0.3, -0.25) is 0 Å². The molecule has 2 aromatic rings. The average molecular weight is 301 g/mol. The summed E-state index contributed by atoms with van der Waals surface area (Å²) in [7, 11) is 0. The zero-order valence-corrected chi connectivity index (χ0v) is 11.3. The molecule has 106 valence electrons. The number of anilines is 1. The van der Waals surface area contributed by atoms with Crippen molar-refractivity contribution in [3.8, 4) is 11.8 Å². The van der Waals surface area contributed by atoms with Crippen LogP contribution in [0.25, 0.3) is 0 Å². The summed E-state index contributed by atoms with van der Waals surface area (Å²) < 4.78 is 31.4. The highest BCUT2D eigenvalue weighted by atomic mass is 35.5. The molecule has 0 saturated carbocycles. The van der Waals surface area contributed by atoms with Crippen molar-refractivity contribution in [1.82, 2.24) is 15.0 Å².